The van der Waals surface area contributed by atoms with Crippen molar-refractivity contribution < 1.29 is 34.2 Å². The van der Waals surface area contributed by atoms with Gasteiger partial charge in [-0.05, 0) is 72.1 Å². The minimum atomic E-state index is -0.889. The van der Waals surface area contributed by atoms with Crippen LogP contribution in [0.2, 0.25) is 0 Å². The number of nitro benzene ring substituents is 1. The molecule has 0 saturated heterocycles. The number of non-ortho nitro benzene ring substituents is 1. The lowest BCUT2D eigenvalue weighted by Gasteiger charge is -2.23. The number of carbonyl (C=O) groups is 2. The molecule has 0 aliphatic rings. The highest BCUT2D eigenvalue weighted by atomic mass is 79.9. The maximum absolute atomic E-state index is 12.8. The summed E-state index contributed by atoms with van der Waals surface area (Å²) < 4.78 is 12.6. The Morgan fingerprint density at radius 2 is 1.11 bits per heavy atom. The number of pyridine rings is 2. The molecule has 2 unspecified atom stereocenters. The zero-order valence-corrected chi connectivity index (χ0v) is 37.2. The minimum absolute atomic E-state index is 0.0383. The number of fused-ring (bicyclic) bond motifs is 2. The number of rotatable bonds is 13. The first-order chi connectivity index (χ1) is 31.0. The van der Waals surface area contributed by atoms with Crippen LogP contribution in [-0.4, -0.2) is 50.1 Å². The second kappa shape index (κ2) is 20.7. The van der Waals surface area contributed by atoms with Crippen LogP contribution in [0.3, 0.4) is 0 Å². The molecule has 0 aliphatic carbocycles. The molecule has 2 aromatic heterocycles. The number of phenols is 2. The van der Waals surface area contributed by atoms with E-state index in [1.54, 1.807) is 73.1 Å². The van der Waals surface area contributed by atoms with Crippen molar-refractivity contribution in [1.29, 1.82) is 0 Å². The molecule has 2 amide bonds. The second-order valence-electron chi connectivity index (χ2n) is 14.3. The van der Waals surface area contributed by atoms with Crippen molar-refractivity contribution in [3.63, 3.8) is 0 Å². The molecule has 322 valence electrons. The summed E-state index contributed by atoms with van der Waals surface area (Å²) in [5.41, 5.74) is 3.87. The van der Waals surface area contributed by atoms with Crippen LogP contribution in [0.1, 0.15) is 39.9 Å². The lowest BCUT2D eigenvalue weighted by molar-refractivity contribution is -0.384. The average Bonchev–Trinajstić information content (AvgIpc) is 3.32. The van der Waals surface area contributed by atoms with Crippen LogP contribution in [0.25, 0.3) is 21.8 Å². The van der Waals surface area contributed by atoms with E-state index in [2.05, 4.69) is 52.5 Å². The number of carbonyl (C=O) groups excluding carboxylic acids is 2. The Kier molecular flexibility index (Phi) is 14.4. The van der Waals surface area contributed by atoms with Gasteiger partial charge in [0.2, 0.25) is 0 Å². The van der Waals surface area contributed by atoms with Gasteiger partial charge in [-0.25, -0.2) is 0 Å². The van der Waals surface area contributed by atoms with Crippen molar-refractivity contribution in [2.24, 2.45) is 0 Å². The van der Waals surface area contributed by atoms with Crippen LogP contribution in [0, 0.1) is 17.0 Å². The summed E-state index contributed by atoms with van der Waals surface area (Å²) in [6.45, 7) is 1.56. The maximum atomic E-state index is 12.8. The van der Waals surface area contributed by atoms with E-state index >= 15 is 0 Å². The fraction of sp³-hybridized carbons (Fsp3) is 0.102. The van der Waals surface area contributed by atoms with Crippen molar-refractivity contribution in [2.75, 3.05) is 13.2 Å². The number of hydrogen-bond donors (Lipinski definition) is 4. The second-order valence-corrected chi connectivity index (χ2v) is 16.0. The number of nitrogens with one attached hydrogen (secondary N) is 2. The summed E-state index contributed by atoms with van der Waals surface area (Å²) >= 11 is 7.07. The molecule has 0 fully saturated rings. The Bertz CT molecular complexity index is 2960. The largest absolute Gasteiger partial charge is 0.505 e. The van der Waals surface area contributed by atoms with Gasteiger partial charge in [-0.3, -0.25) is 29.7 Å². The van der Waals surface area contributed by atoms with Gasteiger partial charge in [0, 0.05) is 55.4 Å². The smallest absolute Gasteiger partial charge is 0.269 e. The summed E-state index contributed by atoms with van der Waals surface area (Å²) in [7, 11) is 0. The lowest BCUT2D eigenvalue weighted by Crippen LogP contribution is -2.33. The summed E-state index contributed by atoms with van der Waals surface area (Å²) in [5.74, 6) is 0.289. The molecule has 2 atom stereocenters. The first-order valence-corrected chi connectivity index (χ1v) is 21.3. The maximum Gasteiger partial charge on any atom is 0.269 e. The van der Waals surface area contributed by atoms with E-state index in [-0.39, 0.29) is 36.3 Å². The molecule has 8 rings (SSSR count). The van der Waals surface area contributed by atoms with Gasteiger partial charge in [0.05, 0.1) is 17.0 Å². The number of amides is 2. The third-order valence-corrected chi connectivity index (χ3v) is 11.4. The number of nitro groups is 1. The number of ether oxygens (including phenoxy) is 2. The number of para-hydroxylation sites is 2. The first-order valence-electron chi connectivity index (χ1n) is 19.7. The zero-order chi connectivity index (χ0) is 45.2. The van der Waals surface area contributed by atoms with Crippen molar-refractivity contribution >= 4 is 71.2 Å². The summed E-state index contributed by atoms with van der Waals surface area (Å²) in [6.07, 6.45) is 3.18. The molecule has 0 spiro atoms. The van der Waals surface area contributed by atoms with Gasteiger partial charge >= 0.3 is 0 Å². The predicted molar refractivity (Wildman–Crippen MR) is 250 cm³/mol. The van der Waals surface area contributed by atoms with Crippen LogP contribution in [0.5, 0.6) is 23.0 Å². The van der Waals surface area contributed by atoms with Crippen LogP contribution in [-0.2, 0) is 9.59 Å². The van der Waals surface area contributed by atoms with Gasteiger partial charge < -0.3 is 30.3 Å². The molecule has 8 aromatic rings. The zero-order valence-electron chi connectivity index (χ0n) is 34.0. The van der Waals surface area contributed by atoms with E-state index in [4.69, 9.17) is 9.47 Å². The molecule has 0 bridgehead atoms. The van der Waals surface area contributed by atoms with Crippen LogP contribution >= 0.6 is 31.9 Å². The van der Waals surface area contributed by atoms with Crippen molar-refractivity contribution in [3.8, 4) is 23.0 Å². The number of nitrogens with zero attached hydrogens (tertiary/aromatic N) is 3. The van der Waals surface area contributed by atoms with E-state index in [1.165, 1.54) is 18.2 Å². The van der Waals surface area contributed by atoms with Crippen LogP contribution in [0.15, 0.2) is 167 Å². The quantitative estimate of drug-likeness (QED) is 0.0640. The van der Waals surface area contributed by atoms with Gasteiger partial charge in [-0.1, -0.05) is 117 Å². The number of aromatic hydroxyl groups is 2. The Morgan fingerprint density at radius 1 is 0.625 bits per heavy atom. The molecule has 13 nitrogen and oxygen atoms in total. The standard InChI is InChI=1S/C25H21BrN2O3.C24H18BrN3O5/c1-16-8-5-6-11-18(16)23(28-22(29)15-31-17-9-3-2-4-10-17)20-14-21(26)19-12-7-13-27-24(19)25(20)30;25-20-13-19(24(30)23-18(20)10-5-11-26-23)22(15-6-4-7-16(12-15)28(31)32)27-21(29)14-33-17-8-2-1-3-9-17/h2-14,23,30H,15H2,1H3,(H,28,29);1-13,22,30H,14H2,(H,27,29). The van der Waals surface area contributed by atoms with Crippen molar-refractivity contribution in [1.82, 2.24) is 20.6 Å². The molecule has 0 aliphatic heterocycles. The number of halogens is 2. The number of phenolic OH excluding ortho intramolecular Hbond substituents is 2. The van der Waals surface area contributed by atoms with Gasteiger partial charge in [0.1, 0.15) is 34.0 Å². The predicted octanol–water partition coefficient (Wildman–Crippen LogP) is 10.2. The summed E-state index contributed by atoms with van der Waals surface area (Å²) in [5, 5.41) is 40.7. The molecule has 0 saturated carbocycles. The van der Waals surface area contributed by atoms with Crippen molar-refractivity contribution in [2.45, 2.75) is 19.0 Å². The van der Waals surface area contributed by atoms with Crippen molar-refractivity contribution in [3.05, 3.63) is 205 Å². The summed E-state index contributed by atoms with van der Waals surface area (Å²) in [4.78, 5) is 45.0. The fourth-order valence-electron chi connectivity index (χ4n) is 6.98. The lowest BCUT2D eigenvalue weighted by atomic mass is 9.93. The van der Waals surface area contributed by atoms with E-state index in [0.717, 1.165) is 21.0 Å². The number of aromatic nitrogens is 2. The Morgan fingerprint density at radius 3 is 1.62 bits per heavy atom. The minimum Gasteiger partial charge on any atom is -0.505 e. The monoisotopic (exact) mass is 983 g/mol. The molecular weight excluding hydrogens is 946 g/mol. The summed E-state index contributed by atoms with van der Waals surface area (Å²) in [6, 6.07) is 40.9. The number of aryl methyl sites for hydroxylation is 1. The fourth-order valence-corrected chi connectivity index (χ4v) is 8.11. The molecule has 0 radical (unpaired) electrons. The Balaban J connectivity index is 0.000000192. The van der Waals surface area contributed by atoms with Crippen LogP contribution in [0.4, 0.5) is 5.69 Å². The molecule has 4 N–H and O–H groups in total. The molecule has 15 heteroatoms. The van der Waals surface area contributed by atoms with Gasteiger partial charge in [-0.15, -0.1) is 0 Å². The molecular formula is C49H39Br2N5O8. The van der Waals surface area contributed by atoms with Crippen LogP contribution < -0.4 is 20.1 Å². The molecule has 64 heavy (non-hydrogen) atoms. The highest BCUT2D eigenvalue weighted by Gasteiger charge is 2.26. The molecule has 2 heterocycles. The Labute approximate surface area is 384 Å². The third kappa shape index (κ3) is 10.6. The van der Waals surface area contributed by atoms with E-state index in [1.807, 2.05) is 73.7 Å². The van der Waals surface area contributed by atoms with E-state index < -0.39 is 22.9 Å². The number of hydrogen-bond acceptors (Lipinski definition) is 10. The van der Waals surface area contributed by atoms with Gasteiger partial charge in [-0.2, -0.15) is 0 Å². The molecule has 6 aromatic carbocycles. The first kappa shape index (κ1) is 44.7. The number of benzene rings is 6. The average molecular weight is 986 g/mol. The van der Waals surface area contributed by atoms with Gasteiger partial charge in [0.15, 0.2) is 13.2 Å². The van der Waals surface area contributed by atoms with E-state index in [9.17, 15) is 29.9 Å². The Hall–Kier alpha value is -7.36. The topological polar surface area (TPSA) is 186 Å². The third-order valence-electron chi connectivity index (χ3n) is 10.1. The highest BCUT2D eigenvalue weighted by molar-refractivity contribution is 9.11. The normalized spacial score (nSPS) is 11.7. The SMILES string of the molecule is Cc1ccccc1C(NC(=O)COc1ccccc1)c1cc(Br)c2cccnc2c1O.O=C(COc1ccccc1)NC(c1cccc([N+](=O)[O-])c1)c1cc(Br)c2cccnc2c1O. The highest BCUT2D eigenvalue weighted by Crippen LogP contribution is 2.40. The van der Waals surface area contributed by atoms with Gasteiger partial charge in [0.25, 0.3) is 17.5 Å². The van der Waals surface area contributed by atoms with E-state index in [0.29, 0.717) is 49.1 Å².